The van der Waals surface area contributed by atoms with Crippen LogP contribution in [-0.2, 0) is 0 Å². The first kappa shape index (κ1) is 7.27. The number of hydrogen-bond donors (Lipinski definition) is 1. The van der Waals surface area contributed by atoms with Crippen LogP contribution in [-0.4, -0.2) is 27.1 Å². The molecule has 3 nitrogen and oxygen atoms in total. The molecule has 1 N–H and O–H groups in total. The minimum atomic E-state index is 0.423. The highest BCUT2D eigenvalue weighted by atomic mass is 127. The Morgan fingerprint density at radius 3 is 2.78 bits per heavy atom. The lowest BCUT2D eigenvalue weighted by Crippen LogP contribution is -2.06. The molecule has 1 aliphatic heterocycles. The van der Waals surface area contributed by atoms with Crippen LogP contribution in [0.25, 0.3) is 0 Å². The highest BCUT2D eigenvalue weighted by Gasteiger charge is 2.23. The summed E-state index contributed by atoms with van der Waals surface area (Å²) in [5, 5.41) is 11.6. The molecule has 1 heterocycles. The number of rotatable bonds is 0. The van der Waals surface area contributed by atoms with Gasteiger partial charge >= 0.3 is 0 Å². The average molecular weight is 240 g/mol. The Kier molecular flexibility index (Phi) is 2.29. The van der Waals surface area contributed by atoms with Crippen LogP contribution in [0.4, 0.5) is 0 Å². The predicted octanol–water partition coefficient (Wildman–Crippen LogP) is 1.12. The molecule has 1 rings (SSSR count). The molecule has 0 saturated carbocycles. The second-order valence-electron chi connectivity index (χ2n) is 2.30. The molecule has 0 aromatic carbocycles. The molecule has 9 heavy (non-hydrogen) atoms. The lowest BCUT2D eigenvalue weighted by atomic mass is 10.1. The molecule has 0 radical (unpaired) electrons. The summed E-state index contributed by atoms with van der Waals surface area (Å²) in [6.07, 6.45) is 0. The van der Waals surface area contributed by atoms with E-state index in [0.717, 1.165) is 18.8 Å². The molecular weight excluding hydrogens is 231 g/mol. The van der Waals surface area contributed by atoms with Crippen molar-refractivity contribution in [1.29, 1.82) is 0 Å². The molecule has 0 bridgehead atoms. The van der Waals surface area contributed by atoms with E-state index >= 15 is 0 Å². The number of hydrogen-bond acceptors (Lipinski definition) is 3. The zero-order chi connectivity index (χ0) is 6.85. The van der Waals surface area contributed by atoms with E-state index in [1.54, 1.807) is 0 Å². The first-order valence-electron chi connectivity index (χ1n) is 2.85. The quantitative estimate of drug-likeness (QED) is 0.298. The molecule has 0 aliphatic carbocycles. The highest BCUT2D eigenvalue weighted by molar-refractivity contribution is 14.1. The zero-order valence-electron chi connectivity index (χ0n) is 5.21. The summed E-state index contributed by atoms with van der Waals surface area (Å²) in [6, 6.07) is 0. The molecule has 1 aliphatic rings. The Labute approximate surface area is 68.2 Å². The van der Waals surface area contributed by atoms with Gasteiger partial charge in [-0.05, 0) is 0 Å². The summed E-state index contributed by atoms with van der Waals surface area (Å²) in [4.78, 5) is 0. The molecule has 1 saturated heterocycles. The number of oxime groups is 1. The summed E-state index contributed by atoms with van der Waals surface area (Å²) in [5.74, 6) is 0.423. The van der Waals surface area contributed by atoms with Gasteiger partial charge in [0.25, 0.3) is 0 Å². The summed E-state index contributed by atoms with van der Waals surface area (Å²) < 4.78 is 2.11. The van der Waals surface area contributed by atoms with Gasteiger partial charge in [-0.1, -0.05) is 12.1 Å². The van der Waals surface area contributed by atoms with E-state index in [1.807, 2.05) is 0 Å². The van der Waals surface area contributed by atoms with Crippen LogP contribution < -0.4 is 0 Å². The molecule has 0 amide bonds. The van der Waals surface area contributed by atoms with Crippen LogP contribution in [0.1, 0.15) is 6.92 Å². The fourth-order valence-electron chi connectivity index (χ4n) is 0.929. The predicted molar refractivity (Wildman–Crippen MR) is 44.0 cm³/mol. The van der Waals surface area contributed by atoms with E-state index in [1.165, 1.54) is 0 Å². The zero-order valence-corrected chi connectivity index (χ0v) is 7.37. The van der Waals surface area contributed by atoms with Crippen molar-refractivity contribution in [2.45, 2.75) is 6.92 Å². The van der Waals surface area contributed by atoms with Crippen molar-refractivity contribution < 1.29 is 5.21 Å². The topological polar surface area (TPSA) is 35.8 Å². The van der Waals surface area contributed by atoms with Gasteiger partial charge in [0.15, 0.2) is 0 Å². The third kappa shape index (κ3) is 1.54. The maximum Gasteiger partial charge on any atom is 0.0760 e. The Morgan fingerprint density at radius 1 is 1.89 bits per heavy atom. The van der Waals surface area contributed by atoms with E-state index < -0.39 is 0 Å². The van der Waals surface area contributed by atoms with Gasteiger partial charge in [0.05, 0.1) is 12.3 Å². The van der Waals surface area contributed by atoms with Crippen LogP contribution >= 0.6 is 22.9 Å². The largest absolute Gasteiger partial charge is 0.411 e. The van der Waals surface area contributed by atoms with Gasteiger partial charge in [0.2, 0.25) is 0 Å². The SMILES string of the molecule is CC1CN(I)C/C1=N/O. The van der Waals surface area contributed by atoms with Crippen molar-refractivity contribution in [2.75, 3.05) is 13.1 Å². The number of nitrogens with zero attached hydrogens (tertiary/aromatic N) is 2. The van der Waals surface area contributed by atoms with E-state index in [4.69, 9.17) is 5.21 Å². The van der Waals surface area contributed by atoms with E-state index in [2.05, 4.69) is 38.1 Å². The van der Waals surface area contributed by atoms with E-state index in [0.29, 0.717) is 5.92 Å². The Morgan fingerprint density at radius 2 is 2.56 bits per heavy atom. The molecule has 0 aromatic heterocycles. The standard InChI is InChI=1S/C5H9IN2O/c1-4-2-8(6)3-5(4)7-9/h4,9H,2-3H2,1H3/b7-5-. The lowest BCUT2D eigenvalue weighted by Gasteiger charge is -1.99. The molecule has 52 valence electrons. The second-order valence-corrected chi connectivity index (χ2v) is 3.66. The third-order valence-corrected chi connectivity index (χ3v) is 2.24. The van der Waals surface area contributed by atoms with Crippen LogP contribution in [0.3, 0.4) is 0 Å². The van der Waals surface area contributed by atoms with Crippen molar-refractivity contribution in [2.24, 2.45) is 11.1 Å². The van der Waals surface area contributed by atoms with Gasteiger partial charge in [-0.2, -0.15) is 0 Å². The van der Waals surface area contributed by atoms with Crippen LogP contribution in [0.5, 0.6) is 0 Å². The highest BCUT2D eigenvalue weighted by Crippen LogP contribution is 2.16. The van der Waals surface area contributed by atoms with Crippen molar-refractivity contribution >= 4 is 28.6 Å². The average Bonchev–Trinajstić information content (AvgIpc) is 2.10. The van der Waals surface area contributed by atoms with Crippen LogP contribution in [0.15, 0.2) is 5.16 Å². The summed E-state index contributed by atoms with van der Waals surface area (Å²) >= 11 is 2.23. The molecule has 0 aromatic rings. The van der Waals surface area contributed by atoms with Crippen molar-refractivity contribution in [3.05, 3.63) is 0 Å². The van der Waals surface area contributed by atoms with E-state index in [9.17, 15) is 0 Å². The van der Waals surface area contributed by atoms with Gasteiger partial charge in [-0.3, -0.25) is 0 Å². The monoisotopic (exact) mass is 240 g/mol. The fourth-order valence-corrected chi connectivity index (χ4v) is 1.87. The summed E-state index contributed by atoms with van der Waals surface area (Å²) in [5.41, 5.74) is 0.893. The van der Waals surface area contributed by atoms with Crippen molar-refractivity contribution in [3.63, 3.8) is 0 Å². The maximum atomic E-state index is 8.41. The van der Waals surface area contributed by atoms with Crippen molar-refractivity contribution in [1.82, 2.24) is 3.11 Å². The minimum absolute atomic E-state index is 0.423. The minimum Gasteiger partial charge on any atom is -0.411 e. The number of halogens is 1. The van der Waals surface area contributed by atoms with Gasteiger partial charge in [0, 0.05) is 35.3 Å². The molecule has 1 atom stereocenters. The molecule has 1 unspecified atom stereocenters. The second kappa shape index (κ2) is 2.83. The normalized spacial score (nSPS) is 34.0. The van der Waals surface area contributed by atoms with Gasteiger partial charge in [0.1, 0.15) is 0 Å². The van der Waals surface area contributed by atoms with Crippen LogP contribution in [0.2, 0.25) is 0 Å². The molecule has 4 heteroatoms. The molecule has 0 spiro atoms. The fraction of sp³-hybridized carbons (Fsp3) is 0.800. The Hall–Kier alpha value is 0.160. The van der Waals surface area contributed by atoms with Gasteiger partial charge in [-0.25, -0.2) is 3.11 Å². The van der Waals surface area contributed by atoms with Crippen LogP contribution in [0, 0.1) is 5.92 Å². The Bertz CT molecular complexity index is 137. The van der Waals surface area contributed by atoms with Crippen molar-refractivity contribution in [3.8, 4) is 0 Å². The maximum absolute atomic E-state index is 8.41. The smallest absolute Gasteiger partial charge is 0.0760 e. The van der Waals surface area contributed by atoms with Gasteiger partial charge < -0.3 is 5.21 Å². The lowest BCUT2D eigenvalue weighted by molar-refractivity contribution is 0.316. The van der Waals surface area contributed by atoms with E-state index in [-0.39, 0.29) is 0 Å². The molecular formula is C5H9IN2O. The summed E-state index contributed by atoms with van der Waals surface area (Å²) in [7, 11) is 0. The first-order valence-corrected chi connectivity index (χ1v) is 3.82. The first-order chi connectivity index (χ1) is 4.24. The molecule has 1 fully saturated rings. The summed E-state index contributed by atoms with van der Waals surface area (Å²) in [6.45, 7) is 3.87. The van der Waals surface area contributed by atoms with Gasteiger partial charge in [-0.15, -0.1) is 0 Å². The Balaban J connectivity index is 2.58. The third-order valence-electron chi connectivity index (χ3n) is 1.50.